The molecular weight excluding hydrogens is 416 g/mol. The zero-order valence-corrected chi connectivity index (χ0v) is 17.4. The molecule has 1 fully saturated rings. The van der Waals surface area contributed by atoms with Crippen molar-refractivity contribution in [3.63, 3.8) is 0 Å². The first-order valence-electron chi connectivity index (χ1n) is 10.4. The van der Waals surface area contributed by atoms with Crippen molar-refractivity contribution in [2.45, 2.75) is 32.4 Å². The number of hydrogen-bond acceptors (Lipinski definition) is 5. The molecule has 1 N–H and O–H groups in total. The molecule has 0 spiro atoms. The van der Waals surface area contributed by atoms with Gasteiger partial charge in [-0.25, -0.2) is 18.3 Å². The molecule has 1 amide bonds. The largest absolute Gasteiger partial charge is 0.465 e. The molecule has 9 heteroatoms. The van der Waals surface area contributed by atoms with Gasteiger partial charge < -0.3 is 14.6 Å². The third kappa shape index (κ3) is 3.70. The zero-order valence-electron chi connectivity index (χ0n) is 17.4. The number of anilines is 1. The number of halogens is 2. The SMILES string of the molecule is Cc1ccc(CNC(=O)c2cnn3ccc(N4CCCC4c4cc(F)ccc4F)nc23)o1. The number of hydrogen-bond donors (Lipinski definition) is 1. The van der Waals surface area contributed by atoms with Crippen LogP contribution in [0.2, 0.25) is 0 Å². The number of nitrogens with one attached hydrogen (secondary N) is 1. The molecule has 32 heavy (non-hydrogen) atoms. The molecule has 7 nitrogen and oxygen atoms in total. The predicted molar refractivity (Wildman–Crippen MR) is 113 cm³/mol. The first kappa shape index (κ1) is 20.2. The molecular formula is C23H21F2N5O2. The molecule has 164 valence electrons. The van der Waals surface area contributed by atoms with Gasteiger partial charge in [0.1, 0.15) is 34.5 Å². The van der Waals surface area contributed by atoms with Gasteiger partial charge in [-0.05, 0) is 56.2 Å². The summed E-state index contributed by atoms with van der Waals surface area (Å²) in [6, 6.07) is 8.58. The van der Waals surface area contributed by atoms with Crippen LogP contribution >= 0.6 is 0 Å². The maximum atomic E-state index is 14.4. The minimum absolute atomic E-state index is 0.247. The Morgan fingerprint density at radius 1 is 1.25 bits per heavy atom. The average Bonchev–Trinajstić information content (AvgIpc) is 3.52. The van der Waals surface area contributed by atoms with E-state index in [0.29, 0.717) is 41.3 Å². The molecule has 0 radical (unpaired) electrons. The van der Waals surface area contributed by atoms with Gasteiger partial charge in [0.05, 0.1) is 18.8 Å². The second-order valence-electron chi connectivity index (χ2n) is 7.82. The molecule has 4 heterocycles. The van der Waals surface area contributed by atoms with Gasteiger partial charge in [0, 0.05) is 18.3 Å². The van der Waals surface area contributed by atoms with Crippen molar-refractivity contribution in [2.75, 3.05) is 11.4 Å². The standard InChI is InChI=1S/C23H21F2N5O2/c1-14-4-6-16(32-14)12-26-23(31)18-13-27-30-10-8-21(28-22(18)30)29-9-2-3-20(29)17-11-15(24)5-7-19(17)25/h4-8,10-11,13,20H,2-3,9,12H2,1H3,(H,26,31). The third-order valence-electron chi connectivity index (χ3n) is 5.68. The number of aromatic nitrogens is 3. The number of furan rings is 1. The van der Waals surface area contributed by atoms with Gasteiger partial charge in [0.15, 0.2) is 5.65 Å². The van der Waals surface area contributed by atoms with Crippen LogP contribution in [0.3, 0.4) is 0 Å². The topological polar surface area (TPSA) is 75.7 Å². The highest BCUT2D eigenvalue weighted by Gasteiger charge is 2.30. The molecule has 5 rings (SSSR count). The van der Waals surface area contributed by atoms with Crippen molar-refractivity contribution in [2.24, 2.45) is 0 Å². The number of carbonyl (C=O) groups excluding carboxylic acids is 1. The van der Waals surface area contributed by atoms with Gasteiger partial charge in [0.2, 0.25) is 0 Å². The van der Waals surface area contributed by atoms with E-state index in [4.69, 9.17) is 4.42 Å². The molecule has 4 aromatic rings. The number of benzene rings is 1. The minimum Gasteiger partial charge on any atom is -0.465 e. The number of fused-ring (bicyclic) bond motifs is 1. The maximum absolute atomic E-state index is 14.4. The Hall–Kier alpha value is -3.75. The fourth-order valence-corrected chi connectivity index (χ4v) is 4.16. The molecule has 0 bridgehead atoms. The summed E-state index contributed by atoms with van der Waals surface area (Å²) < 4.78 is 35.2. The smallest absolute Gasteiger partial charge is 0.257 e. The van der Waals surface area contributed by atoms with E-state index < -0.39 is 11.6 Å². The van der Waals surface area contributed by atoms with E-state index in [9.17, 15) is 13.6 Å². The average molecular weight is 437 g/mol. The Kier molecular flexibility index (Phi) is 5.08. The van der Waals surface area contributed by atoms with Gasteiger partial charge in [-0.1, -0.05) is 0 Å². The second-order valence-corrected chi connectivity index (χ2v) is 7.82. The van der Waals surface area contributed by atoms with E-state index in [2.05, 4.69) is 15.4 Å². The van der Waals surface area contributed by atoms with Gasteiger partial charge in [-0.3, -0.25) is 4.79 Å². The van der Waals surface area contributed by atoms with Crippen molar-refractivity contribution in [3.8, 4) is 0 Å². The number of carbonyl (C=O) groups is 1. The number of amides is 1. The van der Waals surface area contributed by atoms with Gasteiger partial charge in [0.25, 0.3) is 5.91 Å². The van der Waals surface area contributed by atoms with Crippen LogP contribution in [0, 0.1) is 18.6 Å². The van der Waals surface area contributed by atoms with Gasteiger partial charge in [-0.2, -0.15) is 5.10 Å². The van der Waals surface area contributed by atoms with Gasteiger partial charge >= 0.3 is 0 Å². The molecule has 1 atom stereocenters. The van der Waals surface area contributed by atoms with Crippen LogP contribution in [0.4, 0.5) is 14.6 Å². The quantitative estimate of drug-likeness (QED) is 0.507. The Morgan fingerprint density at radius 3 is 2.94 bits per heavy atom. The lowest BCUT2D eigenvalue weighted by molar-refractivity contribution is 0.0949. The van der Waals surface area contributed by atoms with Crippen LogP contribution in [-0.2, 0) is 6.54 Å². The summed E-state index contributed by atoms with van der Waals surface area (Å²) in [4.78, 5) is 19.3. The van der Waals surface area contributed by atoms with Crippen LogP contribution in [0.5, 0.6) is 0 Å². The Labute approximate surface area is 182 Å². The van der Waals surface area contributed by atoms with Gasteiger partial charge in [-0.15, -0.1) is 0 Å². The molecule has 1 aliphatic heterocycles. The highest BCUT2D eigenvalue weighted by Crippen LogP contribution is 2.36. The summed E-state index contributed by atoms with van der Waals surface area (Å²) in [5.41, 5.74) is 1.02. The van der Waals surface area contributed by atoms with Crippen LogP contribution in [-0.4, -0.2) is 27.0 Å². The summed E-state index contributed by atoms with van der Waals surface area (Å²) in [5.74, 6) is 0.761. The minimum atomic E-state index is -0.474. The van der Waals surface area contributed by atoms with E-state index in [1.165, 1.54) is 16.8 Å². The maximum Gasteiger partial charge on any atom is 0.257 e. The lowest BCUT2D eigenvalue weighted by Crippen LogP contribution is -2.25. The molecule has 3 aromatic heterocycles. The normalized spacial score (nSPS) is 16.1. The van der Waals surface area contributed by atoms with E-state index in [-0.39, 0.29) is 18.5 Å². The molecule has 1 aromatic carbocycles. The highest BCUT2D eigenvalue weighted by molar-refractivity contribution is 5.99. The number of rotatable bonds is 5. The lowest BCUT2D eigenvalue weighted by Gasteiger charge is -2.26. The number of nitrogens with zero attached hydrogens (tertiary/aromatic N) is 4. The van der Waals surface area contributed by atoms with Crippen molar-refractivity contribution < 1.29 is 18.0 Å². The Balaban J connectivity index is 1.42. The van der Waals surface area contributed by atoms with E-state index in [1.807, 2.05) is 17.9 Å². The summed E-state index contributed by atoms with van der Waals surface area (Å²) in [5, 5.41) is 7.02. The summed E-state index contributed by atoms with van der Waals surface area (Å²) in [6.45, 7) is 2.73. The molecule has 1 saturated heterocycles. The Bertz CT molecular complexity index is 1300. The molecule has 0 saturated carbocycles. The van der Waals surface area contributed by atoms with E-state index in [0.717, 1.165) is 24.3 Å². The van der Waals surface area contributed by atoms with Crippen LogP contribution in [0.25, 0.3) is 5.65 Å². The van der Waals surface area contributed by atoms with Crippen molar-refractivity contribution >= 4 is 17.4 Å². The van der Waals surface area contributed by atoms with Crippen molar-refractivity contribution in [1.29, 1.82) is 0 Å². The monoisotopic (exact) mass is 437 g/mol. The fourth-order valence-electron chi connectivity index (χ4n) is 4.16. The Morgan fingerprint density at radius 2 is 2.12 bits per heavy atom. The fraction of sp³-hybridized carbons (Fsp3) is 0.261. The third-order valence-corrected chi connectivity index (χ3v) is 5.68. The first-order valence-corrected chi connectivity index (χ1v) is 10.4. The summed E-state index contributed by atoms with van der Waals surface area (Å²) in [7, 11) is 0. The molecule has 0 aliphatic carbocycles. The van der Waals surface area contributed by atoms with E-state index in [1.54, 1.807) is 18.3 Å². The molecule has 1 unspecified atom stereocenters. The summed E-state index contributed by atoms with van der Waals surface area (Å²) in [6.07, 6.45) is 4.68. The van der Waals surface area contributed by atoms with Crippen LogP contribution < -0.4 is 10.2 Å². The van der Waals surface area contributed by atoms with Crippen LogP contribution in [0.15, 0.2) is 53.2 Å². The number of aryl methyl sites for hydroxylation is 1. The molecule has 1 aliphatic rings. The summed E-state index contributed by atoms with van der Waals surface area (Å²) >= 11 is 0. The highest BCUT2D eigenvalue weighted by atomic mass is 19.1. The van der Waals surface area contributed by atoms with Crippen LogP contribution in [0.1, 0.15) is 46.3 Å². The lowest BCUT2D eigenvalue weighted by atomic mass is 10.0. The zero-order chi connectivity index (χ0) is 22.2. The first-order chi connectivity index (χ1) is 15.5. The second kappa shape index (κ2) is 8.07. The van der Waals surface area contributed by atoms with E-state index >= 15 is 0 Å². The van der Waals surface area contributed by atoms with Crippen molar-refractivity contribution in [3.05, 3.63) is 83.1 Å². The predicted octanol–water partition coefficient (Wildman–Crippen LogP) is 4.18. The van der Waals surface area contributed by atoms with Crippen molar-refractivity contribution in [1.82, 2.24) is 19.9 Å².